The minimum absolute atomic E-state index is 0.0417. The van der Waals surface area contributed by atoms with E-state index < -0.39 is 42.4 Å². The second kappa shape index (κ2) is 10.4. The van der Waals surface area contributed by atoms with E-state index in [0.717, 1.165) is 28.7 Å². The standard InChI is InChI=1S/C26H28F2N2O5/c27-26(28,24(33)30-22-13-3-1-2-12-20(22)23(31)32)15-29-25(34)35-14-21-18-10-6-4-8-16(18)17-9-5-7-11-19(17)21/h4-11,20-22H,1-3,12-15H2,(H,29,34)(H,30,33)(H,31,32)/t20-,22+/m0/s1. The number of carboxylic acids is 1. The van der Waals surface area contributed by atoms with Crippen LogP contribution in [0.15, 0.2) is 48.5 Å². The van der Waals surface area contributed by atoms with E-state index in [9.17, 15) is 28.3 Å². The Morgan fingerprint density at radius 3 is 2.17 bits per heavy atom. The Morgan fingerprint density at radius 1 is 0.943 bits per heavy atom. The number of nitrogens with one attached hydrogen (secondary N) is 2. The number of rotatable bonds is 7. The first-order valence-corrected chi connectivity index (χ1v) is 11.8. The fourth-order valence-corrected chi connectivity index (χ4v) is 4.96. The number of aliphatic carboxylic acids is 1. The van der Waals surface area contributed by atoms with Crippen molar-refractivity contribution in [2.75, 3.05) is 13.2 Å². The number of hydrogen-bond acceptors (Lipinski definition) is 4. The Balaban J connectivity index is 1.32. The van der Waals surface area contributed by atoms with E-state index in [1.54, 1.807) is 0 Å². The second-order valence-corrected chi connectivity index (χ2v) is 9.05. The Labute approximate surface area is 201 Å². The van der Waals surface area contributed by atoms with E-state index in [1.165, 1.54) is 0 Å². The molecular formula is C26H28F2N2O5. The number of amides is 2. The van der Waals surface area contributed by atoms with Crippen LogP contribution in [0.2, 0.25) is 0 Å². The summed E-state index contributed by atoms with van der Waals surface area (Å²) in [6.45, 7) is -1.29. The summed E-state index contributed by atoms with van der Waals surface area (Å²) in [7, 11) is 0. The largest absolute Gasteiger partial charge is 0.481 e. The Kier molecular flexibility index (Phi) is 7.33. The summed E-state index contributed by atoms with van der Waals surface area (Å²) in [4.78, 5) is 35.9. The lowest BCUT2D eigenvalue weighted by atomic mass is 9.94. The minimum atomic E-state index is -3.92. The molecule has 35 heavy (non-hydrogen) atoms. The molecule has 0 radical (unpaired) electrons. The van der Waals surface area contributed by atoms with E-state index in [2.05, 4.69) is 5.32 Å². The van der Waals surface area contributed by atoms with Crippen molar-refractivity contribution >= 4 is 18.0 Å². The average Bonchev–Trinajstić information content (AvgIpc) is 2.97. The van der Waals surface area contributed by atoms with Crippen molar-refractivity contribution in [2.45, 2.75) is 50.0 Å². The molecule has 2 atom stereocenters. The minimum Gasteiger partial charge on any atom is -0.481 e. The molecule has 0 bridgehead atoms. The number of halogens is 2. The van der Waals surface area contributed by atoms with Crippen LogP contribution in [0.3, 0.4) is 0 Å². The van der Waals surface area contributed by atoms with Crippen LogP contribution in [0.1, 0.15) is 49.1 Å². The van der Waals surface area contributed by atoms with Crippen molar-refractivity contribution in [2.24, 2.45) is 5.92 Å². The molecule has 0 spiro atoms. The van der Waals surface area contributed by atoms with Crippen LogP contribution in [-0.4, -0.2) is 48.2 Å². The number of carbonyl (C=O) groups is 3. The molecule has 0 aliphatic heterocycles. The van der Waals surface area contributed by atoms with Gasteiger partial charge in [-0.05, 0) is 35.1 Å². The molecule has 2 aliphatic rings. The van der Waals surface area contributed by atoms with E-state index in [4.69, 9.17) is 4.74 Å². The van der Waals surface area contributed by atoms with E-state index in [1.807, 2.05) is 53.8 Å². The van der Waals surface area contributed by atoms with Gasteiger partial charge in [-0.15, -0.1) is 0 Å². The van der Waals surface area contributed by atoms with Crippen LogP contribution in [-0.2, 0) is 14.3 Å². The number of benzene rings is 2. The molecule has 3 N–H and O–H groups in total. The number of alkyl carbamates (subject to hydrolysis) is 1. The molecule has 0 aromatic heterocycles. The zero-order valence-electron chi connectivity index (χ0n) is 19.1. The van der Waals surface area contributed by atoms with E-state index in [-0.39, 0.29) is 12.5 Å². The Morgan fingerprint density at radius 2 is 1.54 bits per heavy atom. The van der Waals surface area contributed by atoms with Crippen LogP contribution >= 0.6 is 0 Å². The van der Waals surface area contributed by atoms with Crippen LogP contribution in [0.5, 0.6) is 0 Å². The van der Waals surface area contributed by atoms with Crippen LogP contribution < -0.4 is 10.6 Å². The quantitative estimate of drug-likeness (QED) is 0.506. The second-order valence-electron chi connectivity index (χ2n) is 9.05. The first-order valence-electron chi connectivity index (χ1n) is 11.8. The fourth-order valence-electron chi connectivity index (χ4n) is 4.96. The molecule has 186 valence electrons. The number of fused-ring (bicyclic) bond motifs is 3. The van der Waals surface area contributed by atoms with Crippen molar-refractivity contribution in [3.05, 3.63) is 59.7 Å². The summed E-state index contributed by atoms with van der Waals surface area (Å²) in [5.41, 5.74) is 4.06. The van der Waals surface area contributed by atoms with Crippen molar-refractivity contribution in [3.8, 4) is 11.1 Å². The smallest absolute Gasteiger partial charge is 0.407 e. The Bertz CT molecular complexity index is 1060. The summed E-state index contributed by atoms with van der Waals surface area (Å²) < 4.78 is 34.2. The first kappa shape index (κ1) is 24.6. The summed E-state index contributed by atoms with van der Waals surface area (Å²) in [6, 6.07) is 14.6. The number of hydrogen-bond donors (Lipinski definition) is 3. The lowest BCUT2D eigenvalue weighted by molar-refractivity contribution is -0.148. The molecule has 1 saturated carbocycles. The highest BCUT2D eigenvalue weighted by atomic mass is 19.3. The molecule has 2 aromatic rings. The van der Waals surface area contributed by atoms with Gasteiger partial charge >= 0.3 is 18.0 Å². The molecule has 0 unspecified atom stereocenters. The monoisotopic (exact) mass is 486 g/mol. The molecule has 9 heteroatoms. The Hall–Kier alpha value is -3.49. The average molecular weight is 487 g/mol. The molecular weight excluding hydrogens is 458 g/mol. The van der Waals surface area contributed by atoms with E-state index >= 15 is 0 Å². The van der Waals surface area contributed by atoms with Crippen molar-refractivity contribution in [1.82, 2.24) is 10.6 Å². The van der Waals surface area contributed by atoms with E-state index in [0.29, 0.717) is 25.7 Å². The fraction of sp³-hybridized carbons (Fsp3) is 0.423. The molecule has 1 fully saturated rings. The number of carboxylic acid groups (broad SMARTS) is 1. The van der Waals surface area contributed by atoms with Gasteiger partial charge in [-0.25, -0.2) is 4.79 Å². The molecule has 2 aromatic carbocycles. The van der Waals surface area contributed by atoms with Crippen molar-refractivity contribution < 1.29 is 33.0 Å². The third-order valence-electron chi connectivity index (χ3n) is 6.78. The maximum atomic E-state index is 14.5. The molecule has 2 aliphatic carbocycles. The van der Waals surface area contributed by atoms with Gasteiger partial charge in [0.25, 0.3) is 5.91 Å². The zero-order valence-corrected chi connectivity index (χ0v) is 19.1. The summed E-state index contributed by atoms with van der Waals surface area (Å²) in [5.74, 6) is -7.76. The SMILES string of the molecule is O=C(NCC(F)(F)C(=O)N[C@@H]1CCCCC[C@@H]1C(=O)O)OCC1c2ccccc2-c2ccccc21. The van der Waals surface area contributed by atoms with Crippen molar-refractivity contribution in [1.29, 1.82) is 0 Å². The van der Waals surface area contributed by atoms with Crippen LogP contribution in [0.25, 0.3) is 11.1 Å². The normalized spacial score (nSPS) is 19.7. The molecule has 0 heterocycles. The maximum absolute atomic E-state index is 14.5. The number of alkyl halides is 2. The van der Waals surface area contributed by atoms with Gasteiger partial charge in [-0.2, -0.15) is 8.78 Å². The van der Waals surface area contributed by atoms with Crippen LogP contribution in [0, 0.1) is 5.92 Å². The van der Waals surface area contributed by atoms with Crippen molar-refractivity contribution in [3.63, 3.8) is 0 Å². The van der Waals surface area contributed by atoms with Gasteiger partial charge in [0.05, 0.1) is 12.5 Å². The molecule has 7 nitrogen and oxygen atoms in total. The lowest BCUT2D eigenvalue weighted by Gasteiger charge is -2.25. The predicted octanol–water partition coefficient (Wildman–Crippen LogP) is 4.31. The maximum Gasteiger partial charge on any atom is 0.407 e. The predicted molar refractivity (Wildman–Crippen MR) is 124 cm³/mol. The molecule has 0 saturated heterocycles. The summed E-state index contributed by atoms with van der Waals surface area (Å²) >= 11 is 0. The summed E-state index contributed by atoms with van der Waals surface area (Å²) in [6.07, 6.45) is 1.69. The third kappa shape index (κ3) is 5.44. The lowest BCUT2D eigenvalue weighted by Crippen LogP contribution is -2.53. The van der Waals surface area contributed by atoms with Gasteiger partial charge in [0.2, 0.25) is 0 Å². The molecule has 2 amide bonds. The molecule has 4 rings (SSSR count). The van der Waals surface area contributed by atoms with Crippen LogP contribution in [0.4, 0.5) is 13.6 Å². The highest BCUT2D eigenvalue weighted by molar-refractivity contribution is 5.85. The van der Waals surface area contributed by atoms with Gasteiger partial charge in [-0.3, -0.25) is 9.59 Å². The summed E-state index contributed by atoms with van der Waals surface area (Å²) in [5, 5.41) is 13.5. The first-order chi connectivity index (χ1) is 16.8. The highest BCUT2D eigenvalue weighted by Crippen LogP contribution is 2.44. The van der Waals surface area contributed by atoms with Gasteiger partial charge in [0, 0.05) is 12.0 Å². The highest BCUT2D eigenvalue weighted by Gasteiger charge is 2.42. The third-order valence-corrected chi connectivity index (χ3v) is 6.78. The number of ether oxygens (including phenoxy) is 1. The number of carbonyl (C=O) groups excluding carboxylic acids is 2. The topological polar surface area (TPSA) is 105 Å². The van der Waals surface area contributed by atoms with Gasteiger partial charge in [-0.1, -0.05) is 67.8 Å². The zero-order chi connectivity index (χ0) is 25.0. The van der Waals surface area contributed by atoms with Gasteiger partial charge in [0.15, 0.2) is 0 Å². The van der Waals surface area contributed by atoms with Gasteiger partial charge in [0.1, 0.15) is 6.61 Å². The van der Waals surface area contributed by atoms with Gasteiger partial charge < -0.3 is 20.5 Å².